The van der Waals surface area contributed by atoms with Gasteiger partial charge in [0.25, 0.3) is 0 Å². The van der Waals surface area contributed by atoms with Crippen molar-refractivity contribution in [2.24, 2.45) is 28.8 Å². The van der Waals surface area contributed by atoms with E-state index in [1.807, 2.05) is 33.8 Å². The summed E-state index contributed by atoms with van der Waals surface area (Å²) >= 11 is 0. The van der Waals surface area contributed by atoms with E-state index in [4.69, 9.17) is 19.7 Å². The van der Waals surface area contributed by atoms with E-state index >= 15 is 0 Å². The van der Waals surface area contributed by atoms with Gasteiger partial charge >= 0.3 is 12.1 Å². The Morgan fingerprint density at radius 1 is 0.877 bits per heavy atom. The lowest BCUT2D eigenvalue weighted by molar-refractivity contribution is -0.148. The van der Waals surface area contributed by atoms with Crippen LogP contribution in [-0.2, 0) is 51.2 Å². The van der Waals surface area contributed by atoms with E-state index in [0.29, 0.717) is 37.1 Å². The van der Waals surface area contributed by atoms with Crippen LogP contribution in [0.4, 0.5) is 10.5 Å². The SMILES string of the molecule is CC[C@H](C)[C@@H]([C@@H](CC(=O)N1CCC[C@H]1[C@H](OC)[C@@H](C)C(=O)N[C@@H](Cc1ccccc1)C(=O)O)OC)N(C)C(=O)[C@@H](NC(=O)[C@H](C(C)C)N(C)C(=O)OCc1ccc(N=[N+]=[N-])cc1)C(C)C. The lowest BCUT2D eigenvalue weighted by Crippen LogP contribution is -2.60. The molecule has 18 nitrogen and oxygen atoms in total. The van der Waals surface area contributed by atoms with Gasteiger partial charge in [0.05, 0.1) is 36.6 Å². The van der Waals surface area contributed by atoms with Crippen molar-refractivity contribution in [1.82, 2.24) is 25.3 Å². The van der Waals surface area contributed by atoms with E-state index in [9.17, 15) is 33.9 Å². The van der Waals surface area contributed by atoms with Gasteiger partial charge in [0.15, 0.2) is 0 Å². The Balaban J connectivity index is 1.76. The molecule has 3 N–H and O–H groups in total. The number of nitrogens with one attached hydrogen (secondary N) is 2. The van der Waals surface area contributed by atoms with Crippen LogP contribution in [-0.4, -0.2) is 133 Å². The molecule has 1 aliphatic rings. The predicted octanol–water partition coefficient (Wildman–Crippen LogP) is 6.09. The largest absolute Gasteiger partial charge is 0.480 e. The summed E-state index contributed by atoms with van der Waals surface area (Å²) < 4.78 is 17.4. The Kier molecular flexibility index (Phi) is 21.2. The van der Waals surface area contributed by atoms with Crippen LogP contribution in [0.1, 0.15) is 85.3 Å². The highest BCUT2D eigenvalue weighted by Gasteiger charge is 2.44. The van der Waals surface area contributed by atoms with E-state index in [2.05, 4.69) is 20.7 Å². The van der Waals surface area contributed by atoms with Gasteiger partial charge in [-0.25, -0.2) is 9.59 Å². The highest BCUT2D eigenvalue weighted by molar-refractivity contribution is 5.92. The number of amides is 5. The van der Waals surface area contributed by atoms with Crippen LogP contribution in [0, 0.1) is 23.7 Å². The molecule has 0 saturated carbocycles. The lowest BCUT2D eigenvalue weighted by Gasteiger charge is -2.41. The van der Waals surface area contributed by atoms with Gasteiger partial charge in [-0.15, -0.1) is 0 Å². The summed E-state index contributed by atoms with van der Waals surface area (Å²) in [5.74, 6) is -4.52. The van der Waals surface area contributed by atoms with Crippen molar-refractivity contribution in [3.8, 4) is 0 Å². The molecule has 0 aromatic heterocycles. The van der Waals surface area contributed by atoms with Gasteiger partial charge in [-0.1, -0.05) is 115 Å². The molecule has 2 aromatic rings. The van der Waals surface area contributed by atoms with Crippen LogP contribution in [0.25, 0.3) is 10.4 Å². The Bertz CT molecular complexity index is 1940. The third-order valence-corrected chi connectivity index (χ3v) is 12.5. The second kappa shape index (κ2) is 25.7. The fraction of sp³-hybridized carbons (Fsp3) is 0.617. The number of aliphatic carboxylic acids is 1. The van der Waals surface area contributed by atoms with E-state index in [0.717, 1.165) is 5.56 Å². The van der Waals surface area contributed by atoms with Gasteiger partial charge in [-0.05, 0) is 47.3 Å². The third kappa shape index (κ3) is 14.6. The molecule has 1 aliphatic heterocycles. The average Bonchev–Trinajstić information content (AvgIpc) is 3.77. The molecule has 65 heavy (non-hydrogen) atoms. The molecule has 0 unspecified atom stereocenters. The summed E-state index contributed by atoms with van der Waals surface area (Å²) in [7, 11) is 6.07. The number of methoxy groups -OCH3 is 2. The number of hydrogen-bond donors (Lipinski definition) is 3. The second-order valence-corrected chi connectivity index (χ2v) is 17.6. The monoisotopic (exact) mass is 907 g/mol. The quantitative estimate of drug-likeness (QED) is 0.0623. The topological polar surface area (TPSA) is 233 Å². The summed E-state index contributed by atoms with van der Waals surface area (Å²) in [6.45, 7) is 13.1. The average molecular weight is 907 g/mol. The van der Waals surface area contributed by atoms with Crippen LogP contribution >= 0.6 is 0 Å². The molecule has 0 radical (unpaired) electrons. The molecule has 2 aromatic carbocycles. The highest BCUT2D eigenvalue weighted by atomic mass is 16.6. The zero-order valence-electron chi connectivity index (χ0n) is 39.8. The van der Waals surface area contributed by atoms with Crippen LogP contribution in [0.2, 0.25) is 0 Å². The van der Waals surface area contributed by atoms with Gasteiger partial charge in [0.1, 0.15) is 24.7 Å². The van der Waals surface area contributed by atoms with Crippen molar-refractivity contribution in [3.63, 3.8) is 0 Å². The number of carbonyl (C=O) groups excluding carboxylic acids is 5. The summed E-state index contributed by atoms with van der Waals surface area (Å²) in [5, 5.41) is 19.1. The standard InChI is InChI=1S/C47H70N8O10/c1-12-30(6)41(53(8)45(59)39(28(2)3)50-44(58)40(29(4)5)54(9)47(62)65-27-33-20-22-34(23-21-33)51-52-48)37(63-10)26-38(56)55-24-16-19-36(55)42(64-11)31(7)43(57)49-35(46(60)61)25-32-17-14-13-15-18-32/h13-15,17-18,20-23,28-31,35-37,39-42H,12,16,19,24-27H2,1-11H3,(H,49,57)(H,50,58)(H,60,61)/t30-,31+,35-,36-,37+,39-,40-,41-,42+/m0/s1. The zero-order valence-corrected chi connectivity index (χ0v) is 39.8. The number of rotatable bonds is 24. The van der Waals surface area contributed by atoms with E-state index < -0.39 is 78.1 Å². The van der Waals surface area contributed by atoms with E-state index in [1.54, 1.807) is 86.1 Å². The molecule has 1 fully saturated rings. The van der Waals surface area contributed by atoms with Gasteiger partial charge in [-0.3, -0.25) is 24.1 Å². The van der Waals surface area contributed by atoms with Crippen molar-refractivity contribution in [2.45, 2.75) is 130 Å². The molecule has 5 amide bonds. The number of carboxylic acids is 1. The molecule has 0 spiro atoms. The van der Waals surface area contributed by atoms with Crippen LogP contribution in [0.5, 0.6) is 0 Å². The summed E-state index contributed by atoms with van der Waals surface area (Å²) in [4.78, 5) is 89.1. The number of likely N-dealkylation sites (N-methyl/N-ethyl adjacent to an activating group) is 2. The molecular weight excluding hydrogens is 837 g/mol. The first kappa shape index (κ1) is 53.6. The van der Waals surface area contributed by atoms with Crippen molar-refractivity contribution >= 4 is 41.4 Å². The molecule has 0 aliphatic carbocycles. The minimum atomic E-state index is -1.16. The maximum absolute atomic E-state index is 14.5. The van der Waals surface area contributed by atoms with Crippen molar-refractivity contribution in [2.75, 3.05) is 34.9 Å². The normalized spacial score (nSPS) is 17.4. The molecule has 9 atom stereocenters. The number of azide groups is 1. The number of nitrogens with zero attached hydrogens (tertiary/aromatic N) is 6. The third-order valence-electron chi connectivity index (χ3n) is 12.5. The van der Waals surface area contributed by atoms with Crippen molar-refractivity contribution in [3.05, 3.63) is 76.2 Å². The number of hydrogen-bond acceptors (Lipinski definition) is 10. The van der Waals surface area contributed by atoms with Crippen molar-refractivity contribution < 1.29 is 48.1 Å². The number of benzene rings is 2. The summed E-state index contributed by atoms with van der Waals surface area (Å²) in [6, 6.07) is 11.3. The molecule has 1 heterocycles. The molecule has 3 rings (SSSR count). The molecule has 1 saturated heterocycles. The first-order valence-electron chi connectivity index (χ1n) is 22.3. The van der Waals surface area contributed by atoms with E-state index in [1.165, 1.54) is 26.2 Å². The maximum atomic E-state index is 14.5. The van der Waals surface area contributed by atoms with Crippen molar-refractivity contribution in [1.29, 1.82) is 0 Å². The number of carbonyl (C=O) groups is 6. The van der Waals surface area contributed by atoms with Crippen LogP contribution < -0.4 is 10.6 Å². The Morgan fingerprint density at radius 3 is 2.06 bits per heavy atom. The van der Waals surface area contributed by atoms with Crippen LogP contribution in [0.15, 0.2) is 59.7 Å². The maximum Gasteiger partial charge on any atom is 0.410 e. The minimum absolute atomic E-state index is 0.0869. The Hall–Kier alpha value is -5.71. The Morgan fingerprint density at radius 2 is 1.52 bits per heavy atom. The molecule has 358 valence electrons. The zero-order chi connectivity index (χ0) is 48.5. The smallest absolute Gasteiger partial charge is 0.410 e. The number of carboxylic acid groups (broad SMARTS) is 1. The fourth-order valence-corrected chi connectivity index (χ4v) is 8.63. The fourth-order valence-electron chi connectivity index (χ4n) is 8.63. The Labute approximate surface area is 383 Å². The summed E-state index contributed by atoms with van der Waals surface area (Å²) in [6.07, 6.45) is -0.362. The molecule has 0 bridgehead atoms. The first-order valence-corrected chi connectivity index (χ1v) is 22.3. The number of likely N-dealkylation sites (tertiary alicyclic amines) is 1. The highest BCUT2D eigenvalue weighted by Crippen LogP contribution is 2.30. The summed E-state index contributed by atoms with van der Waals surface area (Å²) in [5.41, 5.74) is 10.5. The minimum Gasteiger partial charge on any atom is -0.480 e. The van der Waals surface area contributed by atoms with Gasteiger partial charge in [0.2, 0.25) is 23.6 Å². The van der Waals surface area contributed by atoms with Crippen LogP contribution in [0.3, 0.4) is 0 Å². The first-order chi connectivity index (χ1) is 30.8. The molecule has 18 heteroatoms. The van der Waals surface area contributed by atoms with E-state index in [-0.39, 0.29) is 43.1 Å². The predicted molar refractivity (Wildman–Crippen MR) is 244 cm³/mol. The number of ether oxygens (including phenoxy) is 3. The lowest BCUT2D eigenvalue weighted by atomic mass is 9.89. The molecular formula is C47H70N8O10. The van der Waals surface area contributed by atoms with Gasteiger partial charge in [0, 0.05) is 51.9 Å². The second-order valence-electron chi connectivity index (χ2n) is 17.6. The van der Waals surface area contributed by atoms with Gasteiger partial charge < -0.3 is 39.8 Å². The van der Waals surface area contributed by atoms with Gasteiger partial charge in [-0.2, -0.15) is 0 Å².